The average Bonchev–Trinajstić information content (AvgIpc) is 3.46. The lowest BCUT2D eigenvalue weighted by Crippen LogP contribution is -2.13. The Morgan fingerprint density at radius 1 is 1.23 bits per heavy atom. The van der Waals surface area contributed by atoms with Gasteiger partial charge in [-0.1, -0.05) is 19.0 Å². The maximum atomic E-state index is 13.1. The molecular formula is C22H20N4O3S. The highest BCUT2D eigenvalue weighted by molar-refractivity contribution is 7.14. The molecule has 4 heterocycles. The number of pyridine rings is 1. The number of amides is 1. The molecule has 5 rings (SSSR count). The van der Waals surface area contributed by atoms with Gasteiger partial charge >= 0.3 is 0 Å². The molecule has 0 atom stereocenters. The number of hydrogen-bond acceptors (Lipinski definition) is 7. The fourth-order valence-electron chi connectivity index (χ4n) is 3.56. The van der Waals surface area contributed by atoms with Crippen LogP contribution < -0.4 is 10.1 Å². The third kappa shape index (κ3) is 3.23. The topological polar surface area (TPSA) is 90.1 Å². The van der Waals surface area contributed by atoms with Gasteiger partial charge in [-0.3, -0.25) is 10.1 Å². The van der Waals surface area contributed by atoms with E-state index in [1.54, 1.807) is 6.92 Å². The molecule has 0 bridgehead atoms. The highest BCUT2D eigenvalue weighted by atomic mass is 32.1. The molecule has 3 aromatic heterocycles. The van der Waals surface area contributed by atoms with Crippen molar-refractivity contribution in [1.82, 2.24) is 15.1 Å². The molecular weight excluding hydrogens is 400 g/mol. The molecule has 152 valence electrons. The Morgan fingerprint density at radius 2 is 2.10 bits per heavy atom. The van der Waals surface area contributed by atoms with Crippen LogP contribution in [0.25, 0.3) is 22.4 Å². The van der Waals surface area contributed by atoms with Gasteiger partial charge in [-0.25, -0.2) is 9.97 Å². The highest BCUT2D eigenvalue weighted by Crippen LogP contribution is 2.32. The van der Waals surface area contributed by atoms with Gasteiger partial charge in [-0.05, 0) is 42.7 Å². The number of thiazole rings is 1. The van der Waals surface area contributed by atoms with Gasteiger partial charge in [0, 0.05) is 23.1 Å². The van der Waals surface area contributed by atoms with Crippen LogP contribution in [0.3, 0.4) is 0 Å². The summed E-state index contributed by atoms with van der Waals surface area (Å²) in [6.07, 6.45) is 0.908. The Bertz CT molecular complexity index is 1270. The SMILES string of the molecule is Cc1noc2nc(C(C)C)cc(C(=O)Nc3nc(-c4ccc5c(c4)CCO5)cs3)c12. The van der Waals surface area contributed by atoms with Crippen molar-refractivity contribution in [3.05, 3.63) is 52.2 Å². The van der Waals surface area contributed by atoms with E-state index in [9.17, 15) is 4.79 Å². The first-order chi connectivity index (χ1) is 14.5. The van der Waals surface area contributed by atoms with E-state index in [0.29, 0.717) is 27.5 Å². The third-order valence-corrected chi connectivity index (χ3v) is 5.94. The number of rotatable bonds is 4. The molecule has 0 radical (unpaired) electrons. The van der Waals surface area contributed by atoms with Crippen LogP contribution in [0.2, 0.25) is 0 Å². The summed E-state index contributed by atoms with van der Waals surface area (Å²) < 4.78 is 10.9. The maximum absolute atomic E-state index is 13.1. The van der Waals surface area contributed by atoms with Crippen molar-refractivity contribution >= 4 is 33.5 Å². The number of nitrogens with zero attached hydrogens (tertiary/aromatic N) is 3. The Labute approximate surface area is 177 Å². The number of nitrogens with one attached hydrogen (secondary N) is 1. The molecule has 0 unspecified atom stereocenters. The van der Waals surface area contributed by atoms with Crippen molar-refractivity contribution < 1.29 is 14.1 Å². The van der Waals surface area contributed by atoms with Gasteiger partial charge in [0.2, 0.25) is 0 Å². The van der Waals surface area contributed by atoms with Gasteiger partial charge in [0.1, 0.15) is 5.75 Å². The average molecular weight is 420 g/mol. The smallest absolute Gasteiger partial charge is 0.259 e. The summed E-state index contributed by atoms with van der Waals surface area (Å²) >= 11 is 1.39. The van der Waals surface area contributed by atoms with Gasteiger partial charge in [-0.2, -0.15) is 0 Å². The van der Waals surface area contributed by atoms with Crippen LogP contribution in [0.4, 0.5) is 5.13 Å². The second kappa shape index (κ2) is 7.21. The minimum atomic E-state index is -0.251. The summed E-state index contributed by atoms with van der Waals surface area (Å²) in [5, 5.41) is 10.0. The lowest BCUT2D eigenvalue weighted by atomic mass is 10.0. The zero-order valence-corrected chi connectivity index (χ0v) is 17.7. The van der Waals surface area contributed by atoms with Crippen LogP contribution in [0, 0.1) is 6.92 Å². The molecule has 4 aromatic rings. The van der Waals surface area contributed by atoms with E-state index < -0.39 is 0 Å². The molecule has 0 aliphatic carbocycles. The molecule has 1 N–H and O–H groups in total. The van der Waals surface area contributed by atoms with Crippen LogP contribution >= 0.6 is 11.3 Å². The summed E-state index contributed by atoms with van der Waals surface area (Å²) in [6.45, 7) is 6.57. The monoisotopic (exact) mass is 420 g/mol. The van der Waals surface area contributed by atoms with Crippen molar-refractivity contribution in [1.29, 1.82) is 0 Å². The summed E-state index contributed by atoms with van der Waals surface area (Å²) in [6, 6.07) is 7.88. The first kappa shape index (κ1) is 18.7. The van der Waals surface area contributed by atoms with E-state index in [4.69, 9.17) is 9.26 Å². The number of ether oxygens (including phenoxy) is 1. The normalized spacial score (nSPS) is 12.9. The van der Waals surface area contributed by atoms with Crippen LogP contribution in [-0.2, 0) is 6.42 Å². The molecule has 1 amide bonds. The Morgan fingerprint density at radius 3 is 2.93 bits per heavy atom. The number of benzene rings is 1. The Kier molecular flexibility index (Phi) is 4.51. The van der Waals surface area contributed by atoms with Crippen LogP contribution in [0.5, 0.6) is 5.75 Å². The Hall–Kier alpha value is -3.26. The Balaban J connectivity index is 1.45. The number of anilines is 1. The largest absolute Gasteiger partial charge is 0.493 e. The van der Waals surface area contributed by atoms with Gasteiger partial charge in [0.15, 0.2) is 5.13 Å². The van der Waals surface area contributed by atoms with Crippen LogP contribution in [0.15, 0.2) is 34.2 Å². The number of carbonyl (C=O) groups is 1. The number of aryl methyl sites for hydroxylation is 1. The number of hydrogen-bond donors (Lipinski definition) is 1. The van der Waals surface area contributed by atoms with E-state index in [2.05, 4.69) is 26.5 Å². The van der Waals surface area contributed by atoms with Crippen molar-refractivity contribution in [2.24, 2.45) is 0 Å². The summed E-state index contributed by atoms with van der Waals surface area (Å²) in [7, 11) is 0. The predicted octanol–water partition coefficient (Wildman–Crippen LogP) is 4.97. The molecule has 1 aromatic carbocycles. The molecule has 1 aliphatic heterocycles. The third-order valence-electron chi connectivity index (χ3n) is 5.18. The molecule has 30 heavy (non-hydrogen) atoms. The lowest BCUT2D eigenvalue weighted by Gasteiger charge is -2.08. The van der Waals surface area contributed by atoms with Gasteiger partial charge in [-0.15, -0.1) is 11.3 Å². The number of carbonyl (C=O) groups excluding carboxylic acids is 1. The maximum Gasteiger partial charge on any atom is 0.259 e. The molecule has 0 saturated heterocycles. The van der Waals surface area contributed by atoms with Gasteiger partial charge in [0.05, 0.1) is 28.9 Å². The molecule has 7 nitrogen and oxygen atoms in total. The van der Waals surface area contributed by atoms with Crippen molar-refractivity contribution in [2.75, 3.05) is 11.9 Å². The van der Waals surface area contributed by atoms with E-state index in [1.807, 2.05) is 37.4 Å². The number of fused-ring (bicyclic) bond motifs is 2. The van der Waals surface area contributed by atoms with Gasteiger partial charge < -0.3 is 9.26 Å². The fraction of sp³-hybridized carbons (Fsp3) is 0.273. The second-order valence-corrected chi connectivity index (χ2v) is 8.47. The second-order valence-electron chi connectivity index (χ2n) is 7.61. The first-order valence-electron chi connectivity index (χ1n) is 9.79. The molecule has 0 saturated carbocycles. The van der Waals surface area contributed by atoms with E-state index >= 15 is 0 Å². The predicted molar refractivity (Wildman–Crippen MR) is 115 cm³/mol. The van der Waals surface area contributed by atoms with Gasteiger partial charge in [0.25, 0.3) is 11.6 Å². The van der Waals surface area contributed by atoms with Crippen molar-refractivity contribution in [3.8, 4) is 17.0 Å². The lowest BCUT2D eigenvalue weighted by molar-refractivity contribution is 0.102. The minimum absolute atomic E-state index is 0.154. The minimum Gasteiger partial charge on any atom is -0.493 e. The van der Waals surface area contributed by atoms with E-state index in [1.165, 1.54) is 16.9 Å². The molecule has 0 fully saturated rings. The van der Waals surface area contributed by atoms with Crippen LogP contribution in [-0.4, -0.2) is 27.6 Å². The zero-order chi connectivity index (χ0) is 20.8. The van der Waals surface area contributed by atoms with E-state index in [-0.39, 0.29) is 11.8 Å². The molecule has 0 spiro atoms. The summed E-state index contributed by atoms with van der Waals surface area (Å²) in [5.74, 6) is 0.842. The standard InChI is InChI=1S/C22H20N4O3S/c1-11(2)16-9-15(19-12(3)26-29-21(19)23-16)20(27)25-22-24-17(10-30-22)13-4-5-18-14(8-13)6-7-28-18/h4-5,8-11H,6-7H2,1-3H3,(H,24,25,27). The van der Waals surface area contributed by atoms with Crippen molar-refractivity contribution in [2.45, 2.75) is 33.1 Å². The number of aromatic nitrogens is 3. The fourth-order valence-corrected chi connectivity index (χ4v) is 4.28. The summed E-state index contributed by atoms with van der Waals surface area (Å²) in [5.41, 5.74) is 5.32. The van der Waals surface area contributed by atoms with Crippen LogP contribution in [0.1, 0.15) is 47.1 Å². The van der Waals surface area contributed by atoms with Crippen molar-refractivity contribution in [3.63, 3.8) is 0 Å². The quantitative estimate of drug-likeness (QED) is 0.502. The molecule has 1 aliphatic rings. The first-order valence-corrected chi connectivity index (χ1v) is 10.7. The summed E-state index contributed by atoms with van der Waals surface area (Å²) in [4.78, 5) is 22.2. The molecule has 8 heteroatoms. The zero-order valence-electron chi connectivity index (χ0n) is 16.9. The van der Waals surface area contributed by atoms with E-state index in [0.717, 1.165) is 35.7 Å². The highest BCUT2D eigenvalue weighted by Gasteiger charge is 2.21.